The van der Waals surface area contributed by atoms with Crippen molar-refractivity contribution >= 4 is 35.5 Å². The third-order valence-electron chi connectivity index (χ3n) is 3.88. The van der Waals surface area contributed by atoms with Crippen LogP contribution in [-0.2, 0) is 19.2 Å². The summed E-state index contributed by atoms with van der Waals surface area (Å²) in [7, 11) is 0. The Labute approximate surface area is 150 Å². The average Bonchev–Trinajstić information content (AvgIpc) is 3.08. The van der Waals surface area contributed by atoms with E-state index in [1.165, 1.54) is 11.8 Å². The van der Waals surface area contributed by atoms with Crippen LogP contribution in [-0.4, -0.2) is 70.6 Å². The van der Waals surface area contributed by atoms with Gasteiger partial charge in [-0.2, -0.15) is 11.8 Å². The molecule has 1 aliphatic rings. The standard InChI is InChI=1S/C15H25N3O6S/c1-25-8-6-10(17-13(21)9-3-2-7-16-9)14(22)18-11(15(23)24)4-5-12(19)20/h9-11,16H,2-8H2,1H3,(H,17,21)(H,18,22)(H,19,20)(H,23,24)/t9-,10-,11-/m0/s1. The van der Waals surface area contributed by atoms with Gasteiger partial charge < -0.3 is 26.2 Å². The van der Waals surface area contributed by atoms with Crippen molar-refractivity contribution in [3.05, 3.63) is 0 Å². The molecule has 1 saturated heterocycles. The molecule has 0 unspecified atom stereocenters. The highest BCUT2D eigenvalue weighted by molar-refractivity contribution is 7.98. The van der Waals surface area contributed by atoms with E-state index in [-0.39, 0.29) is 24.8 Å². The first kappa shape index (κ1) is 21.2. The zero-order chi connectivity index (χ0) is 18.8. The summed E-state index contributed by atoms with van der Waals surface area (Å²) in [4.78, 5) is 46.4. The molecule has 0 radical (unpaired) electrons. The van der Waals surface area contributed by atoms with Crippen molar-refractivity contribution in [3.8, 4) is 0 Å². The summed E-state index contributed by atoms with van der Waals surface area (Å²) in [5, 5.41) is 25.8. The number of thioether (sulfide) groups is 1. The molecule has 0 aromatic rings. The van der Waals surface area contributed by atoms with Crippen molar-refractivity contribution in [1.82, 2.24) is 16.0 Å². The molecule has 1 rings (SSSR count). The van der Waals surface area contributed by atoms with Gasteiger partial charge in [-0.1, -0.05) is 0 Å². The van der Waals surface area contributed by atoms with Crippen molar-refractivity contribution in [3.63, 3.8) is 0 Å². The van der Waals surface area contributed by atoms with Crippen molar-refractivity contribution in [2.24, 2.45) is 0 Å². The van der Waals surface area contributed by atoms with Crippen LogP contribution in [0.15, 0.2) is 0 Å². The number of aliphatic carboxylic acids is 2. The molecular weight excluding hydrogens is 350 g/mol. The monoisotopic (exact) mass is 375 g/mol. The van der Waals surface area contributed by atoms with Crippen molar-refractivity contribution in [2.75, 3.05) is 18.6 Å². The summed E-state index contributed by atoms with van der Waals surface area (Å²) in [6.45, 7) is 0.746. The Morgan fingerprint density at radius 2 is 1.88 bits per heavy atom. The van der Waals surface area contributed by atoms with Gasteiger partial charge >= 0.3 is 11.9 Å². The first-order chi connectivity index (χ1) is 11.8. The molecule has 9 nitrogen and oxygen atoms in total. The van der Waals surface area contributed by atoms with E-state index in [9.17, 15) is 19.2 Å². The van der Waals surface area contributed by atoms with Gasteiger partial charge in [-0.3, -0.25) is 14.4 Å². The summed E-state index contributed by atoms with van der Waals surface area (Å²) in [5.74, 6) is -2.72. The number of hydrogen-bond donors (Lipinski definition) is 5. The summed E-state index contributed by atoms with van der Waals surface area (Å²) in [6.07, 6.45) is 3.21. The first-order valence-corrected chi connectivity index (χ1v) is 9.52. The van der Waals surface area contributed by atoms with Crippen molar-refractivity contribution in [1.29, 1.82) is 0 Å². The number of nitrogens with one attached hydrogen (secondary N) is 3. The van der Waals surface area contributed by atoms with Gasteiger partial charge in [0.05, 0.1) is 6.04 Å². The molecule has 0 saturated carbocycles. The molecule has 0 bridgehead atoms. The normalized spacial score (nSPS) is 19.0. The quantitative estimate of drug-likeness (QED) is 0.322. The maximum absolute atomic E-state index is 12.4. The van der Waals surface area contributed by atoms with Crippen LogP contribution in [0.5, 0.6) is 0 Å². The Hall–Kier alpha value is -1.81. The van der Waals surface area contributed by atoms with E-state index in [1.807, 2.05) is 6.26 Å². The minimum atomic E-state index is -1.30. The number of carboxylic acid groups (broad SMARTS) is 2. The highest BCUT2D eigenvalue weighted by Crippen LogP contribution is 2.08. The van der Waals surface area contributed by atoms with Crippen LogP contribution < -0.4 is 16.0 Å². The van der Waals surface area contributed by atoms with Crippen molar-refractivity contribution in [2.45, 2.75) is 50.2 Å². The molecule has 0 spiro atoms. The second kappa shape index (κ2) is 10.9. The van der Waals surface area contributed by atoms with E-state index in [0.29, 0.717) is 18.6 Å². The highest BCUT2D eigenvalue weighted by atomic mass is 32.2. The Morgan fingerprint density at radius 1 is 1.16 bits per heavy atom. The van der Waals surface area contributed by atoms with Gasteiger partial charge in [0.25, 0.3) is 0 Å². The maximum Gasteiger partial charge on any atom is 0.326 e. The largest absolute Gasteiger partial charge is 0.481 e. The fourth-order valence-electron chi connectivity index (χ4n) is 2.48. The van der Waals surface area contributed by atoms with Crippen LogP contribution in [0.25, 0.3) is 0 Å². The molecule has 1 aliphatic heterocycles. The van der Waals surface area contributed by atoms with E-state index in [2.05, 4.69) is 16.0 Å². The second-order valence-electron chi connectivity index (χ2n) is 5.82. The molecule has 0 aromatic heterocycles. The van der Waals surface area contributed by atoms with Gasteiger partial charge in [0.15, 0.2) is 0 Å². The van der Waals surface area contributed by atoms with Crippen LogP contribution >= 0.6 is 11.8 Å². The van der Waals surface area contributed by atoms with E-state index in [4.69, 9.17) is 10.2 Å². The third-order valence-corrected chi connectivity index (χ3v) is 4.53. The molecule has 0 aromatic carbocycles. The molecule has 2 amide bonds. The SMILES string of the molecule is CSCC[C@H](NC(=O)[C@@H]1CCCN1)C(=O)N[C@@H](CCC(=O)O)C(=O)O. The number of amides is 2. The fraction of sp³-hybridized carbons (Fsp3) is 0.733. The molecule has 25 heavy (non-hydrogen) atoms. The topological polar surface area (TPSA) is 145 Å². The van der Waals surface area contributed by atoms with E-state index >= 15 is 0 Å². The summed E-state index contributed by atoms with van der Waals surface area (Å²) in [6, 6.07) is -2.50. The highest BCUT2D eigenvalue weighted by Gasteiger charge is 2.29. The molecule has 10 heteroatoms. The molecule has 1 heterocycles. The number of carbonyl (C=O) groups excluding carboxylic acids is 2. The summed E-state index contributed by atoms with van der Waals surface area (Å²) in [5.41, 5.74) is 0. The molecule has 3 atom stereocenters. The summed E-state index contributed by atoms with van der Waals surface area (Å²) < 4.78 is 0. The Kier molecular flexibility index (Phi) is 9.28. The smallest absolute Gasteiger partial charge is 0.326 e. The average molecular weight is 375 g/mol. The first-order valence-electron chi connectivity index (χ1n) is 8.12. The van der Waals surface area contributed by atoms with Crippen LogP contribution in [0.3, 0.4) is 0 Å². The summed E-state index contributed by atoms with van der Waals surface area (Å²) >= 11 is 1.51. The van der Waals surface area contributed by atoms with Crippen molar-refractivity contribution < 1.29 is 29.4 Å². The Balaban J connectivity index is 2.67. The van der Waals surface area contributed by atoms with Gasteiger partial charge in [0.1, 0.15) is 12.1 Å². The second-order valence-corrected chi connectivity index (χ2v) is 6.81. The predicted molar refractivity (Wildman–Crippen MR) is 92.4 cm³/mol. The zero-order valence-corrected chi connectivity index (χ0v) is 14.9. The van der Waals surface area contributed by atoms with E-state index in [0.717, 1.165) is 13.0 Å². The molecule has 142 valence electrons. The van der Waals surface area contributed by atoms with Crippen LogP contribution in [0.4, 0.5) is 0 Å². The fourth-order valence-corrected chi connectivity index (χ4v) is 2.95. The minimum Gasteiger partial charge on any atom is -0.481 e. The van der Waals surface area contributed by atoms with Crippen LogP contribution in [0, 0.1) is 0 Å². The lowest BCUT2D eigenvalue weighted by molar-refractivity contribution is -0.143. The van der Waals surface area contributed by atoms with Gasteiger partial charge in [-0.25, -0.2) is 4.79 Å². The maximum atomic E-state index is 12.4. The van der Waals surface area contributed by atoms with Gasteiger partial charge in [-0.05, 0) is 44.2 Å². The lowest BCUT2D eigenvalue weighted by atomic mass is 10.1. The predicted octanol–water partition coefficient (Wildman–Crippen LogP) is -0.589. The molecule has 0 aliphatic carbocycles. The third kappa shape index (κ3) is 7.74. The van der Waals surface area contributed by atoms with E-state index in [1.54, 1.807) is 0 Å². The Morgan fingerprint density at radius 3 is 2.40 bits per heavy atom. The van der Waals surface area contributed by atoms with Crippen LogP contribution in [0.1, 0.15) is 32.1 Å². The lowest BCUT2D eigenvalue weighted by Crippen LogP contribution is -2.54. The van der Waals surface area contributed by atoms with E-state index < -0.39 is 29.9 Å². The number of rotatable bonds is 11. The number of carboxylic acids is 2. The molecule has 5 N–H and O–H groups in total. The van der Waals surface area contributed by atoms with Gasteiger partial charge in [0.2, 0.25) is 11.8 Å². The number of carbonyl (C=O) groups is 4. The van der Waals surface area contributed by atoms with Gasteiger partial charge in [0, 0.05) is 6.42 Å². The van der Waals surface area contributed by atoms with Gasteiger partial charge in [-0.15, -0.1) is 0 Å². The molecule has 1 fully saturated rings. The lowest BCUT2D eigenvalue weighted by Gasteiger charge is -2.22. The van der Waals surface area contributed by atoms with Crippen LogP contribution in [0.2, 0.25) is 0 Å². The number of hydrogen-bond acceptors (Lipinski definition) is 6. The minimum absolute atomic E-state index is 0.218. The zero-order valence-electron chi connectivity index (χ0n) is 14.1. The molecular formula is C15H25N3O6S. The Bertz CT molecular complexity index is 496.